The number of ether oxygens (including phenoxy) is 1. The van der Waals surface area contributed by atoms with Crippen LogP contribution in [-0.4, -0.2) is 72.0 Å². The van der Waals surface area contributed by atoms with Gasteiger partial charge >= 0.3 is 0 Å². The van der Waals surface area contributed by atoms with E-state index in [2.05, 4.69) is 5.32 Å². The van der Waals surface area contributed by atoms with E-state index in [-0.39, 0.29) is 35.3 Å². The Bertz CT molecular complexity index is 625. The van der Waals surface area contributed by atoms with Crippen LogP contribution in [0.25, 0.3) is 0 Å². The molecule has 2 atom stereocenters. The van der Waals surface area contributed by atoms with Crippen LogP contribution in [0.2, 0.25) is 0 Å². The van der Waals surface area contributed by atoms with Crippen LogP contribution >= 0.6 is 0 Å². The first-order valence-corrected chi connectivity index (χ1v) is 11.0. The lowest BCUT2D eigenvalue weighted by Gasteiger charge is -2.48. The number of rotatable bonds is 6. The van der Waals surface area contributed by atoms with Crippen LogP contribution < -0.4 is 5.32 Å². The molecule has 28 heavy (non-hydrogen) atoms. The third-order valence-corrected chi connectivity index (χ3v) is 7.03. The maximum Gasteiger partial charge on any atom is 0.228 e. The molecule has 4 aliphatic rings. The van der Waals surface area contributed by atoms with Crippen molar-refractivity contribution in [2.45, 2.75) is 70.0 Å². The Balaban J connectivity index is 1.17. The molecule has 4 rings (SSSR count). The summed E-state index contributed by atoms with van der Waals surface area (Å²) >= 11 is 0. The Hall–Kier alpha value is -1.63. The molecular weight excluding hydrogens is 358 g/mol. The fourth-order valence-electron chi connectivity index (χ4n) is 5.35. The van der Waals surface area contributed by atoms with E-state index in [1.165, 1.54) is 25.7 Å². The molecule has 1 aliphatic carbocycles. The van der Waals surface area contributed by atoms with Crippen LogP contribution in [0.15, 0.2) is 0 Å². The molecule has 3 amide bonds. The second-order valence-corrected chi connectivity index (χ2v) is 9.15. The molecule has 0 aromatic carbocycles. The molecule has 0 aromatic rings. The highest BCUT2D eigenvalue weighted by atomic mass is 16.5. The summed E-state index contributed by atoms with van der Waals surface area (Å²) in [4.78, 5) is 40.3. The van der Waals surface area contributed by atoms with Gasteiger partial charge in [0.2, 0.25) is 17.7 Å². The summed E-state index contributed by atoms with van der Waals surface area (Å²) in [5.41, 5.74) is -0.233. The number of amides is 3. The predicted molar refractivity (Wildman–Crippen MR) is 103 cm³/mol. The Morgan fingerprint density at radius 2 is 1.96 bits per heavy atom. The van der Waals surface area contributed by atoms with Crippen LogP contribution in [0.5, 0.6) is 0 Å². The van der Waals surface area contributed by atoms with Crippen molar-refractivity contribution in [3.8, 4) is 0 Å². The molecule has 7 heteroatoms. The van der Waals surface area contributed by atoms with Gasteiger partial charge in [0.25, 0.3) is 0 Å². The van der Waals surface area contributed by atoms with Gasteiger partial charge in [0.1, 0.15) is 5.60 Å². The lowest BCUT2D eigenvalue weighted by atomic mass is 9.89. The summed E-state index contributed by atoms with van der Waals surface area (Å²) in [6, 6.07) is 0. The molecule has 0 radical (unpaired) electrons. The zero-order valence-corrected chi connectivity index (χ0v) is 17.0. The van der Waals surface area contributed by atoms with Crippen molar-refractivity contribution >= 4 is 17.7 Å². The lowest BCUT2D eigenvalue weighted by Crippen LogP contribution is -2.64. The van der Waals surface area contributed by atoms with Crippen LogP contribution in [-0.2, 0) is 19.1 Å². The SMILES string of the molecule is CCN1CC(C(=O)N2CC3(CCC(CNC(=O)CC4CCCC4)O3)C2)CC1=O. The highest BCUT2D eigenvalue weighted by Crippen LogP contribution is 2.39. The Morgan fingerprint density at radius 1 is 1.21 bits per heavy atom. The highest BCUT2D eigenvalue weighted by Gasteiger charge is 2.52. The Labute approximate surface area is 167 Å². The molecule has 0 aromatic heterocycles. The zero-order chi connectivity index (χ0) is 19.7. The Kier molecular flexibility index (Phi) is 5.63. The van der Waals surface area contributed by atoms with E-state index in [0.29, 0.717) is 51.5 Å². The zero-order valence-electron chi connectivity index (χ0n) is 17.0. The van der Waals surface area contributed by atoms with Crippen molar-refractivity contribution in [2.75, 3.05) is 32.7 Å². The summed E-state index contributed by atoms with van der Waals surface area (Å²) in [6.07, 6.45) is 7.78. The second-order valence-electron chi connectivity index (χ2n) is 9.15. The van der Waals surface area contributed by atoms with Crippen molar-refractivity contribution in [2.24, 2.45) is 11.8 Å². The van der Waals surface area contributed by atoms with Gasteiger partial charge < -0.3 is 19.9 Å². The van der Waals surface area contributed by atoms with Crippen molar-refractivity contribution in [1.29, 1.82) is 0 Å². The van der Waals surface area contributed by atoms with Gasteiger partial charge in [-0.1, -0.05) is 12.8 Å². The van der Waals surface area contributed by atoms with Crippen LogP contribution in [0.4, 0.5) is 0 Å². The standard InChI is InChI=1S/C21H33N3O4/c1-2-23-12-16(10-19(23)26)20(27)24-13-21(14-24)8-7-17(28-21)11-22-18(25)9-15-5-3-4-6-15/h15-17H,2-14H2,1H3,(H,22,25). The van der Waals surface area contributed by atoms with Gasteiger partial charge in [-0.3, -0.25) is 14.4 Å². The quantitative estimate of drug-likeness (QED) is 0.741. The van der Waals surface area contributed by atoms with E-state index < -0.39 is 0 Å². The van der Waals surface area contributed by atoms with Crippen molar-refractivity contribution in [1.82, 2.24) is 15.1 Å². The van der Waals surface area contributed by atoms with Crippen LogP contribution in [0.1, 0.15) is 58.3 Å². The van der Waals surface area contributed by atoms with Crippen molar-refractivity contribution in [3.05, 3.63) is 0 Å². The maximum absolute atomic E-state index is 12.7. The van der Waals surface area contributed by atoms with E-state index >= 15 is 0 Å². The minimum absolute atomic E-state index is 0.0495. The fraction of sp³-hybridized carbons (Fsp3) is 0.857. The number of likely N-dealkylation sites (tertiary alicyclic amines) is 2. The summed E-state index contributed by atoms with van der Waals surface area (Å²) < 4.78 is 6.23. The molecule has 1 spiro atoms. The number of hydrogen-bond acceptors (Lipinski definition) is 4. The number of nitrogens with one attached hydrogen (secondary N) is 1. The fourth-order valence-corrected chi connectivity index (χ4v) is 5.35. The highest BCUT2D eigenvalue weighted by molar-refractivity contribution is 5.89. The number of nitrogens with zero attached hydrogens (tertiary/aromatic N) is 2. The van der Waals surface area contributed by atoms with Crippen LogP contribution in [0.3, 0.4) is 0 Å². The normalized spacial score (nSPS) is 29.5. The minimum Gasteiger partial charge on any atom is -0.366 e. The summed E-state index contributed by atoms with van der Waals surface area (Å²) in [5, 5.41) is 3.04. The predicted octanol–water partition coefficient (Wildman–Crippen LogP) is 1.31. The molecule has 0 bridgehead atoms. The largest absolute Gasteiger partial charge is 0.366 e. The molecule has 7 nitrogen and oxygen atoms in total. The van der Waals surface area contributed by atoms with Gasteiger partial charge in [-0.05, 0) is 38.5 Å². The van der Waals surface area contributed by atoms with Crippen molar-refractivity contribution in [3.63, 3.8) is 0 Å². The molecule has 3 heterocycles. The molecular formula is C21H33N3O4. The lowest BCUT2D eigenvalue weighted by molar-refractivity contribution is -0.168. The molecule has 1 saturated carbocycles. The third-order valence-electron chi connectivity index (χ3n) is 7.03. The average Bonchev–Trinajstić information content (AvgIpc) is 3.37. The summed E-state index contributed by atoms with van der Waals surface area (Å²) in [7, 11) is 0. The molecule has 1 N–H and O–H groups in total. The topological polar surface area (TPSA) is 79.0 Å². The van der Waals surface area contributed by atoms with Gasteiger partial charge in [0, 0.05) is 32.5 Å². The monoisotopic (exact) mass is 391 g/mol. The van der Waals surface area contributed by atoms with Crippen molar-refractivity contribution < 1.29 is 19.1 Å². The third kappa shape index (κ3) is 4.04. The molecule has 156 valence electrons. The first-order chi connectivity index (χ1) is 13.5. The van der Waals surface area contributed by atoms with E-state index in [0.717, 1.165) is 12.8 Å². The van der Waals surface area contributed by atoms with Gasteiger partial charge in [-0.25, -0.2) is 0 Å². The molecule has 3 aliphatic heterocycles. The summed E-state index contributed by atoms with van der Waals surface area (Å²) in [5.74, 6) is 0.687. The Morgan fingerprint density at radius 3 is 2.64 bits per heavy atom. The number of carbonyl (C=O) groups is 3. The van der Waals surface area contributed by atoms with E-state index in [4.69, 9.17) is 4.74 Å². The minimum atomic E-state index is -0.233. The van der Waals surface area contributed by atoms with E-state index in [1.807, 2.05) is 11.8 Å². The van der Waals surface area contributed by atoms with E-state index in [1.54, 1.807) is 4.90 Å². The number of hydrogen-bond donors (Lipinski definition) is 1. The van der Waals surface area contributed by atoms with Crippen LogP contribution in [0, 0.1) is 11.8 Å². The maximum atomic E-state index is 12.7. The molecule has 4 fully saturated rings. The van der Waals surface area contributed by atoms with Gasteiger partial charge in [0.05, 0.1) is 25.1 Å². The molecule has 2 unspecified atom stereocenters. The number of carbonyl (C=O) groups excluding carboxylic acids is 3. The van der Waals surface area contributed by atoms with E-state index in [9.17, 15) is 14.4 Å². The average molecular weight is 392 g/mol. The summed E-state index contributed by atoms with van der Waals surface area (Å²) in [6.45, 7) is 4.98. The molecule has 3 saturated heterocycles. The first kappa shape index (κ1) is 19.7. The second kappa shape index (κ2) is 8.01. The van der Waals surface area contributed by atoms with Gasteiger partial charge in [0.15, 0.2) is 0 Å². The van der Waals surface area contributed by atoms with Gasteiger partial charge in [-0.2, -0.15) is 0 Å². The first-order valence-electron chi connectivity index (χ1n) is 11.0. The van der Waals surface area contributed by atoms with Gasteiger partial charge in [-0.15, -0.1) is 0 Å². The smallest absolute Gasteiger partial charge is 0.228 e.